The van der Waals surface area contributed by atoms with Gasteiger partial charge in [0.2, 0.25) is 11.8 Å². The van der Waals surface area contributed by atoms with E-state index in [0.29, 0.717) is 0 Å². The molecule has 138 valence electrons. The van der Waals surface area contributed by atoms with Crippen LogP contribution in [-0.4, -0.2) is 21.6 Å². The number of carbonyl (C=O) groups excluding carboxylic acids is 2. The number of aromatic nitrogens is 2. The number of halogens is 1. The van der Waals surface area contributed by atoms with Gasteiger partial charge in [0, 0.05) is 6.20 Å². The largest absolute Gasteiger partial charge is 0.368 e. The zero-order chi connectivity index (χ0) is 18.9. The monoisotopic (exact) mass is 358 g/mol. The number of fused-ring (bicyclic) bond motifs is 1. The quantitative estimate of drug-likeness (QED) is 0.856. The number of aryl methyl sites for hydroxylation is 1. The van der Waals surface area contributed by atoms with Gasteiger partial charge in [-0.15, -0.1) is 0 Å². The van der Waals surface area contributed by atoms with Gasteiger partial charge in [-0.05, 0) is 56.4 Å². The maximum atomic E-state index is 13.2. The van der Waals surface area contributed by atoms with Gasteiger partial charge in [-0.25, -0.2) is 4.39 Å². The lowest BCUT2D eigenvalue weighted by atomic mass is 9.83. The minimum Gasteiger partial charge on any atom is -0.368 e. The molecular formula is C19H23FN4O2. The highest BCUT2D eigenvalue weighted by Gasteiger charge is 2.33. The van der Waals surface area contributed by atoms with Gasteiger partial charge >= 0.3 is 0 Å². The molecule has 1 unspecified atom stereocenters. The van der Waals surface area contributed by atoms with E-state index in [0.717, 1.165) is 36.1 Å². The number of carbonyl (C=O) groups is 2. The van der Waals surface area contributed by atoms with Crippen molar-refractivity contribution < 1.29 is 14.0 Å². The number of nitrogens with one attached hydrogen (secondary N) is 1. The molecule has 2 amide bonds. The lowest BCUT2D eigenvalue weighted by Gasteiger charge is -2.29. The fourth-order valence-electron chi connectivity index (χ4n) is 3.31. The fourth-order valence-corrected chi connectivity index (χ4v) is 3.31. The van der Waals surface area contributed by atoms with Crippen LogP contribution in [-0.2, 0) is 28.0 Å². The molecule has 0 aliphatic heterocycles. The lowest BCUT2D eigenvalue weighted by Crippen LogP contribution is -2.42. The van der Waals surface area contributed by atoms with Gasteiger partial charge < -0.3 is 11.1 Å². The van der Waals surface area contributed by atoms with Crippen molar-refractivity contribution >= 4 is 11.8 Å². The summed E-state index contributed by atoms with van der Waals surface area (Å²) in [5, 5.41) is 7.51. The van der Waals surface area contributed by atoms with E-state index in [1.165, 1.54) is 16.8 Å². The Hall–Kier alpha value is -2.70. The molecule has 6 nitrogen and oxygen atoms in total. The van der Waals surface area contributed by atoms with Gasteiger partial charge in [0.1, 0.15) is 12.4 Å². The molecule has 0 radical (unpaired) electrons. The summed E-state index contributed by atoms with van der Waals surface area (Å²) >= 11 is 0. The van der Waals surface area contributed by atoms with Crippen molar-refractivity contribution in [2.75, 3.05) is 0 Å². The second-order valence-electron chi connectivity index (χ2n) is 7.25. The molecule has 26 heavy (non-hydrogen) atoms. The third kappa shape index (κ3) is 3.61. The van der Waals surface area contributed by atoms with E-state index < -0.39 is 11.3 Å². The van der Waals surface area contributed by atoms with Crippen molar-refractivity contribution in [3.05, 3.63) is 53.1 Å². The molecule has 3 N–H and O–H groups in total. The third-order valence-corrected chi connectivity index (χ3v) is 4.90. The van der Waals surface area contributed by atoms with Crippen LogP contribution in [0.2, 0.25) is 0 Å². The summed E-state index contributed by atoms with van der Waals surface area (Å²) < 4.78 is 14.7. The van der Waals surface area contributed by atoms with Gasteiger partial charge in [0.15, 0.2) is 0 Å². The number of hydrogen-bond acceptors (Lipinski definition) is 3. The summed E-state index contributed by atoms with van der Waals surface area (Å²) in [5.74, 6) is -0.934. The van der Waals surface area contributed by atoms with Crippen molar-refractivity contribution in [3.63, 3.8) is 0 Å². The predicted molar refractivity (Wildman–Crippen MR) is 94.7 cm³/mol. The van der Waals surface area contributed by atoms with Crippen LogP contribution in [0, 0.1) is 5.82 Å². The van der Waals surface area contributed by atoms with Gasteiger partial charge in [-0.3, -0.25) is 14.3 Å². The molecule has 0 saturated carbocycles. The Labute approximate surface area is 151 Å². The second-order valence-corrected chi connectivity index (χ2v) is 7.25. The minimum atomic E-state index is -0.804. The van der Waals surface area contributed by atoms with E-state index in [1.54, 1.807) is 12.1 Å². The zero-order valence-corrected chi connectivity index (χ0v) is 15.0. The Morgan fingerprint density at radius 1 is 1.35 bits per heavy atom. The van der Waals surface area contributed by atoms with Gasteiger partial charge in [0.05, 0.1) is 17.2 Å². The topological polar surface area (TPSA) is 90.0 Å². The summed E-state index contributed by atoms with van der Waals surface area (Å²) in [6, 6.07) is 5.76. The number of hydrogen-bond donors (Lipinski definition) is 2. The number of benzene rings is 1. The molecule has 2 aromatic rings. The van der Waals surface area contributed by atoms with Crippen LogP contribution < -0.4 is 11.1 Å². The van der Waals surface area contributed by atoms with E-state index in [4.69, 9.17) is 5.73 Å². The first-order valence-electron chi connectivity index (χ1n) is 8.69. The predicted octanol–water partition coefficient (Wildman–Crippen LogP) is 1.98. The average molecular weight is 358 g/mol. The summed E-state index contributed by atoms with van der Waals surface area (Å²) in [5.41, 5.74) is 6.99. The minimum absolute atomic E-state index is 0.0226. The third-order valence-electron chi connectivity index (χ3n) is 4.90. The molecule has 1 aliphatic rings. The van der Waals surface area contributed by atoms with Crippen molar-refractivity contribution in [1.29, 1.82) is 0 Å². The van der Waals surface area contributed by atoms with Gasteiger partial charge in [-0.1, -0.05) is 12.1 Å². The van der Waals surface area contributed by atoms with Crippen molar-refractivity contribution in [2.24, 2.45) is 5.73 Å². The Balaban J connectivity index is 1.79. The van der Waals surface area contributed by atoms with Crippen molar-refractivity contribution in [2.45, 2.75) is 51.1 Å². The standard InChI is InChI=1S/C19H23FN4O2/c1-19(2,13-6-8-14(20)9-7-13)18(26)22-15-5-3-4-12-10-24(11-16(21)25)23-17(12)15/h6-10,15H,3-5,11H2,1-2H3,(H2,21,25)(H,22,26). The fraction of sp³-hybridized carbons (Fsp3) is 0.421. The molecule has 0 fully saturated rings. The number of rotatable bonds is 5. The van der Waals surface area contributed by atoms with Crippen molar-refractivity contribution in [3.8, 4) is 0 Å². The number of nitrogens with zero attached hydrogens (tertiary/aromatic N) is 2. The van der Waals surface area contributed by atoms with Gasteiger partial charge in [0.25, 0.3) is 0 Å². The summed E-state index contributed by atoms with van der Waals surface area (Å²) in [4.78, 5) is 24.0. The smallest absolute Gasteiger partial charge is 0.239 e. The molecule has 0 bridgehead atoms. The molecule has 0 saturated heterocycles. The highest BCUT2D eigenvalue weighted by molar-refractivity contribution is 5.87. The van der Waals surface area contributed by atoms with E-state index in [-0.39, 0.29) is 24.3 Å². The van der Waals surface area contributed by atoms with E-state index >= 15 is 0 Å². The normalized spacial score (nSPS) is 16.8. The first-order valence-corrected chi connectivity index (χ1v) is 8.69. The Bertz CT molecular complexity index is 827. The van der Waals surface area contributed by atoms with Crippen molar-refractivity contribution in [1.82, 2.24) is 15.1 Å². The molecular weight excluding hydrogens is 335 g/mol. The highest BCUT2D eigenvalue weighted by Crippen LogP contribution is 2.31. The molecule has 1 atom stereocenters. The summed E-state index contributed by atoms with van der Waals surface area (Å²) in [7, 11) is 0. The Kier molecular flexibility index (Phi) is 4.80. The van der Waals surface area contributed by atoms with E-state index in [1.807, 2.05) is 20.0 Å². The maximum Gasteiger partial charge on any atom is 0.239 e. The molecule has 1 aromatic heterocycles. The molecule has 7 heteroatoms. The van der Waals surface area contributed by atoms with Crippen LogP contribution in [0.3, 0.4) is 0 Å². The van der Waals surface area contributed by atoms with E-state index in [2.05, 4.69) is 10.4 Å². The summed E-state index contributed by atoms with van der Waals surface area (Å²) in [6.45, 7) is 3.64. The highest BCUT2D eigenvalue weighted by atomic mass is 19.1. The molecule has 1 heterocycles. The molecule has 1 aromatic carbocycles. The van der Waals surface area contributed by atoms with Crippen LogP contribution in [0.1, 0.15) is 49.6 Å². The SMILES string of the molecule is CC(C)(C(=O)NC1CCCc2cn(CC(N)=O)nc21)c1ccc(F)cc1. The van der Waals surface area contributed by atoms with Crippen LogP contribution in [0.5, 0.6) is 0 Å². The number of amides is 2. The second kappa shape index (κ2) is 6.90. The first kappa shape index (κ1) is 18.1. The summed E-state index contributed by atoms with van der Waals surface area (Å²) in [6.07, 6.45) is 4.40. The number of nitrogens with two attached hydrogens (primary N) is 1. The first-order chi connectivity index (χ1) is 12.3. The average Bonchev–Trinajstić information content (AvgIpc) is 2.97. The molecule has 0 spiro atoms. The Morgan fingerprint density at radius 3 is 2.69 bits per heavy atom. The van der Waals surface area contributed by atoms with Crippen LogP contribution >= 0.6 is 0 Å². The number of primary amides is 1. The lowest BCUT2D eigenvalue weighted by molar-refractivity contribution is -0.126. The molecule has 3 rings (SSSR count). The maximum absolute atomic E-state index is 13.2. The van der Waals surface area contributed by atoms with Crippen LogP contribution in [0.4, 0.5) is 4.39 Å². The van der Waals surface area contributed by atoms with Crippen LogP contribution in [0.25, 0.3) is 0 Å². The zero-order valence-electron chi connectivity index (χ0n) is 15.0. The van der Waals surface area contributed by atoms with E-state index in [9.17, 15) is 14.0 Å². The Morgan fingerprint density at radius 2 is 2.04 bits per heavy atom. The molecule has 1 aliphatic carbocycles. The van der Waals surface area contributed by atoms with Crippen LogP contribution in [0.15, 0.2) is 30.5 Å². The van der Waals surface area contributed by atoms with Gasteiger partial charge in [-0.2, -0.15) is 5.10 Å².